The largest absolute Gasteiger partial charge is 0.484 e. The minimum Gasteiger partial charge on any atom is -0.484 e. The maximum absolute atomic E-state index is 13.1. The van der Waals surface area contributed by atoms with Crippen LogP contribution in [0.25, 0.3) is 0 Å². The summed E-state index contributed by atoms with van der Waals surface area (Å²) in [6.07, 6.45) is 3.12. The Morgan fingerprint density at radius 1 is 1.15 bits per heavy atom. The third kappa shape index (κ3) is 4.27. The molecule has 0 bridgehead atoms. The van der Waals surface area contributed by atoms with Gasteiger partial charge in [0.15, 0.2) is 6.61 Å². The van der Waals surface area contributed by atoms with Gasteiger partial charge < -0.3 is 15.0 Å². The summed E-state index contributed by atoms with van der Waals surface area (Å²) in [5.41, 5.74) is 2.73. The molecule has 2 aromatic rings. The first-order valence-electron chi connectivity index (χ1n) is 9.18. The van der Waals surface area contributed by atoms with Crippen LogP contribution in [0, 0.1) is 5.82 Å². The third-order valence-corrected chi connectivity index (χ3v) is 4.91. The molecule has 1 aliphatic heterocycles. The van der Waals surface area contributed by atoms with E-state index in [1.807, 2.05) is 17.0 Å². The molecular formula is C21H21FN2O3. The van der Waals surface area contributed by atoms with Crippen molar-refractivity contribution in [1.29, 1.82) is 0 Å². The van der Waals surface area contributed by atoms with Gasteiger partial charge in [-0.05, 0) is 60.7 Å². The Bertz CT molecular complexity index is 862. The van der Waals surface area contributed by atoms with Gasteiger partial charge in [-0.2, -0.15) is 0 Å². The number of benzene rings is 2. The molecule has 0 aromatic heterocycles. The van der Waals surface area contributed by atoms with Gasteiger partial charge in [-0.3, -0.25) is 9.59 Å². The predicted molar refractivity (Wildman–Crippen MR) is 98.9 cm³/mol. The van der Waals surface area contributed by atoms with Crippen LogP contribution in [-0.4, -0.2) is 29.4 Å². The first-order chi connectivity index (χ1) is 13.1. The molecule has 0 radical (unpaired) electrons. The lowest BCUT2D eigenvalue weighted by Gasteiger charge is -2.23. The minimum absolute atomic E-state index is 0.0206. The van der Waals surface area contributed by atoms with E-state index >= 15 is 0 Å². The Labute approximate surface area is 157 Å². The van der Waals surface area contributed by atoms with Gasteiger partial charge in [0.05, 0.1) is 0 Å². The summed E-state index contributed by atoms with van der Waals surface area (Å²) in [5, 5.41) is 2.83. The van der Waals surface area contributed by atoms with E-state index in [-0.39, 0.29) is 30.3 Å². The molecule has 0 saturated heterocycles. The van der Waals surface area contributed by atoms with Gasteiger partial charge in [0, 0.05) is 24.7 Å². The highest BCUT2D eigenvalue weighted by molar-refractivity contribution is 5.94. The number of amides is 2. The monoisotopic (exact) mass is 368 g/mol. The summed E-state index contributed by atoms with van der Waals surface area (Å²) in [7, 11) is 0. The number of nitrogens with zero attached hydrogens (tertiary/aromatic N) is 1. The molecule has 0 atom stereocenters. The number of fused-ring (bicyclic) bond motifs is 1. The maximum atomic E-state index is 13.1. The molecule has 27 heavy (non-hydrogen) atoms. The molecule has 1 saturated carbocycles. The van der Waals surface area contributed by atoms with Crippen molar-refractivity contribution in [3.8, 4) is 5.75 Å². The molecule has 2 aliphatic rings. The maximum Gasteiger partial charge on any atom is 0.261 e. The zero-order valence-electron chi connectivity index (χ0n) is 14.9. The molecule has 0 spiro atoms. The second-order valence-electron chi connectivity index (χ2n) is 7.04. The molecule has 2 amide bonds. The average Bonchev–Trinajstić information content (AvgIpc) is 3.50. The molecule has 0 unspecified atom stereocenters. The molecule has 6 heteroatoms. The van der Waals surface area contributed by atoms with E-state index in [1.165, 1.54) is 12.1 Å². The molecule has 4 rings (SSSR count). The van der Waals surface area contributed by atoms with Crippen molar-refractivity contribution in [1.82, 2.24) is 4.90 Å². The van der Waals surface area contributed by atoms with Gasteiger partial charge in [-0.1, -0.05) is 12.1 Å². The van der Waals surface area contributed by atoms with E-state index in [9.17, 15) is 14.0 Å². The van der Waals surface area contributed by atoms with E-state index in [1.54, 1.807) is 18.2 Å². The van der Waals surface area contributed by atoms with Crippen LogP contribution in [0.2, 0.25) is 0 Å². The van der Waals surface area contributed by atoms with Crippen LogP contribution in [0.1, 0.15) is 30.4 Å². The zero-order valence-corrected chi connectivity index (χ0v) is 14.9. The Morgan fingerprint density at radius 3 is 2.67 bits per heavy atom. The van der Waals surface area contributed by atoms with Crippen LogP contribution < -0.4 is 10.1 Å². The predicted octanol–water partition coefficient (Wildman–Crippen LogP) is 3.28. The fourth-order valence-electron chi connectivity index (χ4n) is 3.27. The highest BCUT2D eigenvalue weighted by Crippen LogP contribution is 2.29. The third-order valence-electron chi connectivity index (χ3n) is 4.91. The molecule has 140 valence electrons. The summed E-state index contributed by atoms with van der Waals surface area (Å²) >= 11 is 0. The number of ether oxygens (including phenoxy) is 1. The fraction of sp³-hybridized carbons (Fsp3) is 0.333. The van der Waals surface area contributed by atoms with E-state index in [4.69, 9.17) is 4.74 Å². The lowest BCUT2D eigenvalue weighted by molar-refractivity contribution is -0.134. The second-order valence-corrected chi connectivity index (χ2v) is 7.04. The minimum atomic E-state index is -0.282. The smallest absolute Gasteiger partial charge is 0.261 e. The van der Waals surface area contributed by atoms with Crippen molar-refractivity contribution in [3.05, 3.63) is 59.4 Å². The van der Waals surface area contributed by atoms with E-state index in [2.05, 4.69) is 5.32 Å². The lowest BCUT2D eigenvalue weighted by atomic mass is 10.0. The van der Waals surface area contributed by atoms with E-state index < -0.39 is 0 Å². The number of rotatable bonds is 6. The Balaban J connectivity index is 1.38. The van der Waals surface area contributed by atoms with E-state index in [0.717, 1.165) is 29.7 Å². The Hall–Kier alpha value is -2.89. The Morgan fingerprint density at radius 2 is 1.93 bits per heavy atom. The number of hydrogen-bond donors (Lipinski definition) is 1. The van der Waals surface area contributed by atoms with Crippen LogP contribution in [0.3, 0.4) is 0 Å². The lowest BCUT2D eigenvalue weighted by Crippen LogP contribution is -2.36. The topological polar surface area (TPSA) is 58.6 Å². The molecule has 2 aromatic carbocycles. The molecule has 5 nitrogen and oxygen atoms in total. The standard InChI is InChI=1S/C21H21FN2O3/c22-16-4-1-14(2-5-16)12-24(17-6-7-17)21(26)13-27-18-8-9-19-15(11-18)3-10-20(25)23-19/h1-2,4-5,8-9,11,17H,3,6-7,10,12-13H2,(H,23,25). The quantitative estimate of drug-likeness (QED) is 0.851. The molecule has 1 fully saturated rings. The number of nitrogens with one attached hydrogen (secondary N) is 1. The van der Waals surface area contributed by atoms with Crippen LogP contribution in [0.5, 0.6) is 5.75 Å². The average molecular weight is 368 g/mol. The number of anilines is 1. The molecule has 1 N–H and O–H groups in total. The van der Waals surface area contributed by atoms with Crippen molar-refractivity contribution in [3.63, 3.8) is 0 Å². The molecular weight excluding hydrogens is 347 g/mol. The highest BCUT2D eigenvalue weighted by Gasteiger charge is 2.32. The van der Waals surface area contributed by atoms with E-state index in [0.29, 0.717) is 25.1 Å². The summed E-state index contributed by atoms with van der Waals surface area (Å²) in [4.78, 5) is 25.9. The fourth-order valence-corrected chi connectivity index (χ4v) is 3.27. The number of carbonyl (C=O) groups is 2. The first kappa shape index (κ1) is 17.5. The van der Waals surface area contributed by atoms with Gasteiger partial charge in [0.25, 0.3) is 5.91 Å². The number of carbonyl (C=O) groups excluding carboxylic acids is 2. The van der Waals surface area contributed by atoms with Crippen molar-refractivity contribution in [2.45, 2.75) is 38.3 Å². The van der Waals surface area contributed by atoms with Crippen molar-refractivity contribution in [2.75, 3.05) is 11.9 Å². The van der Waals surface area contributed by atoms with Gasteiger partial charge in [0.2, 0.25) is 5.91 Å². The van der Waals surface area contributed by atoms with Crippen LogP contribution in [0.4, 0.5) is 10.1 Å². The number of aryl methyl sites for hydroxylation is 1. The normalized spacial score (nSPS) is 15.7. The van der Waals surface area contributed by atoms with Crippen molar-refractivity contribution >= 4 is 17.5 Å². The summed E-state index contributed by atoms with van der Waals surface area (Å²) < 4.78 is 18.8. The summed E-state index contributed by atoms with van der Waals surface area (Å²) in [5.74, 6) is 0.283. The number of halogens is 1. The van der Waals surface area contributed by atoms with Gasteiger partial charge >= 0.3 is 0 Å². The van der Waals surface area contributed by atoms with Gasteiger partial charge in [0.1, 0.15) is 11.6 Å². The zero-order chi connectivity index (χ0) is 18.8. The second kappa shape index (κ2) is 7.39. The Kier molecular flexibility index (Phi) is 4.79. The molecule has 1 heterocycles. The SMILES string of the molecule is O=C1CCc2cc(OCC(=O)N(Cc3ccc(F)cc3)C3CC3)ccc2N1. The van der Waals surface area contributed by atoms with Crippen LogP contribution in [-0.2, 0) is 22.6 Å². The van der Waals surface area contributed by atoms with Gasteiger partial charge in [-0.25, -0.2) is 4.39 Å². The van der Waals surface area contributed by atoms with Crippen molar-refractivity contribution < 1.29 is 18.7 Å². The number of hydrogen-bond acceptors (Lipinski definition) is 3. The van der Waals surface area contributed by atoms with Crippen LogP contribution >= 0.6 is 0 Å². The van der Waals surface area contributed by atoms with Gasteiger partial charge in [-0.15, -0.1) is 0 Å². The first-order valence-corrected chi connectivity index (χ1v) is 9.18. The van der Waals surface area contributed by atoms with Crippen molar-refractivity contribution in [2.24, 2.45) is 0 Å². The summed E-state index contributed by atoms with van der Waals surface area (Å²) in [6, 6.07) is 11.9. The molecule has 1 aliphatic carbocycles. The highest BCUT2D eigenvalue weighted by atomic mass is 19.1. The van der Waals surface area contributed by atoms with Crippen LogP contribution in [0.15, 0.2) is 42.5 Å². The summed E-state index contributed by atoms with van der Waals surface area (Å²) in [6.45, 7) is 0.423.